The molecule has 8 bridgehead atoms. The molecule has 3 aromatic heterocycles. The van der Waals surface area contributed by atoms with Gasteiger partial charge in [0.2, 0.25) is 0 Å². The number of H-pyrrole nitrogens is 2. The molecule has 0 atom stereocenters. The third kappa shape index (κ3) is 3.22. The van der Waals surface area contributed by atoms with Gasteiger partial charge in [0.15, 0.2) is 0 Å². The molecule has 9 rings (SSSR count). The van der Waals surface area contributed by atoms with E-state index < -0.39 is 0 Å². The summed E-state index contributed by atoms with van der Waals surface area (Å²) in [6.07, 6.45) is 0. The Morgan fingerprint density at radius 2 is 0.854 bits per heavy atom. The lowest BCUT2D eigenvalue weighted by molar-refractivity contribution is 1.35. The fraction of sp³-hybridized carbons (Fsp3) is 0.0270. The third-order valence-corrected chi connectivity index (χ3v) is 8.51. The minimum absolute atomic E-state index is 0.954. The number of benzene rings is 4. The lowest BCUT2D eigenvalue weighted by Crippen LogP contribution is -1.82. The first-order valence-electron chi connectivity index (χ1n) is 13.9. The summed E-state index contributed by atoms with van der Waals surface area (Å²) in [5.74, 6) is 0. The number of hydrogen-bond donors (Lipinski definition) is 2. The maximum Gasteiger partial charge on any atom is 0.0766 e. The molecule has 0 saturated carbocycles. The average molecular weight is 525 g/mol. The van der Waals surface area contributed by atoms with E-state index in [-0.39, 0.29) is 0 Å². The highest BCUT2D eigenvalue weighted by molar-refractivity contribution is 6.11. The monoisotopic (exact) mass is 524 g/mol. The summed E-state index contributed by atoms with van der Waals surface area (Å²) in [4.78, 5) is 18.0. The second-order valence-corrected chi connectivity index (χ2v) is 10.8. The van der Waals surface area contributed by atoms with Gasteiger partial charge in [-0.25, -0.2) is 9.97 Å². The van der Waals surface area contributed by atoms with Crippen molar-refractivity contribution in [1.82, 2.24) is 19.9 Å². The number of nitrogens with one attached hydrogen (secondary N) is 2. The van der Waals surface area contributed by atoms with Gasteiger partial charge in [-0.3, -0.25) is 0 Å². The largest absolute Gasteiger partial charge is 0.354 e. The second kappa shape index (κ2) is 8.26. The predicted octanol–water partition coefficient (Wildman–Crippen LogP) is 9.60. The minimum atomic E-state index is 0.954. The highest BCUT2D eigenvalue weighted by atomic mass is 14.8. The number of nitrogens with zero attached hydrogens (tertiary/aromatic N) is 2. The Labute approximate surface area is 236 Å². The summed E-state index contributed by atoms with van der Waals surface area (Å²) < 4.78 is 0. The van der Waals surface area contributed by atoms with Gasteiger partial charge in [0, 0.05) is 60.3 Å². The van der Waals surface area contributed by atoms with Crippen LogP contribution in [0.5, 0.6) is 0 Å². The lowest BCUT2D eigenvalue weighted by atomic mass is 10.0. The fourth-order valence-corrected chi connectivity index (χ4v) is 6.55. The highest BCUT2D eigenvalue weighted by Crippen LogP contribution is 2.41. The van der Waals surface area contributed by atoms with E-state index in [1.165, 1.54) is 21.5 Å². The second-order valence-electron chi connectivity index (χ2n) is 10.8. The van der Waals surface area contributed by atoms with Crippen molar-refractivity contribution in [2.45, 2.75) is 6.92 Å². The Morgan fingerprint density at radius 1 is 0.439 bits per heavy atom. The average Bonchev–Trinajstić information content (AvgIpc) is 3.76. The van der Waals surface area contributed by atoms with Crippen molar-refractivity contribution in [2.24, 2.45) is 0 Å². The van der Waals surface area contributed by atoms with Crippen LogP contribution in [-0.4, -0.2) is 19.9 Å². The fourth-order valence-electron chi connectivity index (χ4n) is 6.55. The summed E-state index contributed by atoms with van der Waals surface area (Å²) in [5.41, 5.74) is 13.8. The van der Waals surface area contributed by atoms with Crippen molar-refractivity contribution in [3.8, 4) is 45.0 Å². The van der Waals surface area contributed by atoms with E-state index >= 15 is 0 Å². The molecule has 192 valence electrons. The third-order valence-electron chi connectivity index (χ3n) is 8.51. The first kappa shape index (κ1) is 22.3. The van der Waals surface area contributed by atoms with Gasteiger partial charge < -0.3 is 9.97 Å². The van der Waals surface area contributed by atoms with Gasteiger partial charge in [0.1, 0.15) is 0 Å². The summed E-state index contributed by atoms with van der Waals surface area (Å²) >= 11 is 0. The molecule has 5 heterocycles. The van der Waals surface area contributed by atoms with Gasteiger partial charge in [0.25, 0.3) is 0 Å². The van der Waals surface area contributed by atoms with Crippen LogP contribution < -0.4 is 0 Å². The number of aryl methyl sites for hydroxylation is 1. The van der Waals surface area contributed by atoms with Crippen LogP contribution in [0.1, 0.15) is 5.56 Å². The van der Waals surface area contributed by atoms with Crippen LogP contribution >= 0.6 is 0 Å². The lowest BCUT2D eigenvalue weighted by Gasteiger charge is -2.01. The summed E-state index contributed by atoms with van der Waals surface area (Å²) in [7, 11) is 0. The van der Waals surface area contributed by atoms with Gasteiger partial charge in [-0.1, -0.05) is 97.1 Å². The van der Waals surface area contributed by atoms with E-state index in [4.69, 9.17) is 9.97 Å². The Morgan fingerprint density at radius 3 is 1.44 bits per heavy atom. The number of aromatic nitrogens is 4. The molecule has 4 nitrogen and oxygen atoms in total. The molecule has 0 aliphatic carbocycles. The van der Waals surface area contributed by atoms with Gasteiger partial charge in [-0.15, -0.1) is 0 Å². The smallest absolute Gasteiger partial charge is 0.0766 e. The molecule has 2 aliphatic heterocycles. The van der Waals surface area contributed by atoms with Crippen LogP contribution in [0.15, 0.2) is 115 Å². The zero-order valence-electron chi connectivity index (χ0n) is 22.4. The molecule has 0 unspecified atom stereocenters. The standard InChI is InChI=1S/C37H24N4/c1-21-36-28-16-8-6-14-26(28)34(40-36)19-32-24-12-4-2-10-22(24)30(38-32)18-31-23-11-3-5-13-25(23)33(39-31)20-35-27-15-7-9-17-29(27)37(21)41-35/h2-20,38,41H,1H3. The van der Waals surface area contributed by atoms with Gasteiger partial charge in [-0.05, 0) is 30.7 Å². The predicted molar refractivity (Wildman–Crippen MR) is 170 cm³/mol. The van der Waals surface area contributed by atoms with Gasteiger partial charge in [-0.2, -0.15) is 0 Å². The molecule has 4 aromatic carbocycles. The molecule has 2 aliphatic rings. The van der Waals surface area contributed by atoms with Crippen LogP contribution in [0.25, 0.3) is 88.6 Å². The SMILES string of the molecule is Cc1c2nc(cc3[nH]c(cc4nc(cc5[nH]c1c1ccccc51)-c1ccccc1-4)c1ccccc31)-c1ccccc1-2. The zero-order valence-corrected chi connectivity index (χ0v) is 22.4. The van der Waals surface area contributed by atoms with E-state index in [1.807, 2.05) is 0 Å². The van der Waals surface area contributed by atoms with Crippen LogP contribution in [0.2, 0.25) is 0 Å². The zero-order chi connectivity index (χ0) is 27.1. The molecule has 0 saturated heterocycles. The van der Waals surface area contributed by atoms with E-state index in [9.17, 15) is 0 Å². The number of hydrogen-bond acceptors (Lipinski definition) is 2. The van der Waals surface area contributed by atoms with E-state index in [0.717, 1.165) is 72.7 Å². The Kier molecular flexibility index (Phi) is 4.50. The first-order chi connectivity index (χ1) is 20.2. The van der Waals surface area contributed by atoms with Crippen LogP contribution in [0, 0.1) is 6.92 Å². The van der Waals surface area contributed by atoms with Crippen LogP contribution in [0.3, 0.4) is 0 Å². The number of aromatic amines is 2. The maximum absolute atomic E-state index is 5.27. The number of rotatable bonds is 0. The molecule has 2 N–H and O–H groups in total. The molecular weight excluding hydrogens is 500 g/mol. The van der Waals surface area contributed by atoms with Crippen molar-refractivity contribution >= 4 is 43.6 Å². The molecule has 0 spiro atoms. The molecule has 7 aromatic rings. The highest BCUT2D eigenvalue weighted by Gasteiger charge is 2.20. The van der Waals surface area contributed by atoms with Crippen molar-refractivity contribution in [1.29, 1.82) is 0 Å². The van der Waals surface area contributed by atoms with Gasteiger partial charge >= 0.3 is 0 Å². The minimum Gasteiger partial charge on any atom is -0.354 e. The molecule has 4 heteroatoms. The van der Waals surface area contributed by atoms with Crippen molar-refractivity contribution in [2.75, 3.05) is 0 Å². The van der Waals surface area contributed by atoms with Crippen molar-refractivity contribution in [3.63, 3.8) is 0 Å². The summed E-state index contributed by atoms with van der Waals surface area (Å²) in [5, 5.41) is 4.69. The Bertz CT molecular complexity index is 2390. The Balaban J connectivity index is 1.54. The van der Waals surface area contributed by atoms with E-state index in [0.29, 0.717) is 0 Å². The molecular formula is C37H24N4. The summed E-state index contributed by atoms with van der Waals surface area (Å²) in [6, 6.07) is 40.7. The molecule has 0 fully saturated rings. The quantitative estimate of drug-likeness (QED) is 0.207. The maximum atomic E-state index is 5.27. The molecule has 0 radical (unpaired) electrons. The van der Waals surface area contributed by atoms with E-state index in [2.05, 4.69) is 132 Å². The van der Waals surface area contributed by atoms with Crippen molar-refractivity contribution in [3.05, 3.63) is 121 Å². The van der Waals surface area contributed by atoms with E-state index in [1.54, 1.807) is 0 Å². The van der Waals surface area contributed by atoms with Gasteiger partial charge in [0.05, 0.1) is 28.3 Å². The van der Waals surface area contributed by atoms with Crippen LogP contribution in [-0.2, 0) is 0 Å². The molecule has 0 amide bonds. The topological polar surface area (TPSA) is 57.4 Å². The Hall–Kier alpha value is -5.48. The summed E-state index contributed by atoms with van der Waals surface area (Å²) in [6.45, 7) is 2.18. The first-order valence-corrected chi connectivity index (χ1v) is 13.9. The normalized spacial score (nSPS) is 12.0. The number of fused-ring (bicyclic) bond motifs is 20. The van der Waals surface area contributed by atoms with Crippen LogP contribution in [0.4, 0.5) is 0 Å². The molecule has 41 heavy (non-hydrogen) atoms. The van der Waals surface area contributed by atoms with Crippen molar-refractivity contribution < 1.29 is 0 Å².